The molecule has 35 heavy (non-hydrogen) atoms. The zero-order chi connectivity index (χ0) is 25.4. The molecule has 0 atom stereocenters. The zero-order valence-electron chi connectivity index (χ0n) is 18.7. The second-order valence-corrected chi connectivity index (χ2v) is 7.55. The molecule has 13 heteroatoms. The molecule has 188 valence electrons. The number of carboxylic acids is 1. The van der Waals surface area contributed by atoms with E-state index >= 15 is 0 Å². The molecule has 1 aromatic carbocycles. The van der Waals surface area contributed by atoms with E-state index in [-0.39, 0.29) is 11.9 Å². The van der Waals surface area contributed by atoms with E-state index in [2.05, 4.69) is 38.6 Å². The van der Waals surface area contributed by atoms with Crippen LogP contribution in [0.2, 0.25) is 0 Å². The number of ether oxygens (including phenoxy) is 1. The van der Waals surface area contributed by atoms with Gasteiger partial charge in [-0.2, -0.15) is 18.2 Å². The van der Waals surface area contributed by atoms with Gasteiger partial charge >= 0.3 is 12.1 Å². The summed E-state index contributed by atoms with van der Waals surface area (Å²) in [6.07, 6.45) is 3.86. The first-order valence-electron chi connectivity index (χ1n) is 10.7. The number of aliphatic carboxylic acids is 1. The summed E-state index contributed by atoms with van der Waals surface area (Å²) in [5.41, 5.74) is 1.96. The van der Waals surface area contributed by atoms with Gasteiger partial charge in [-0.3, -0.25) is 4.57 Å². The molecule has 2 aromatic heterocycles. The Morgan fingerprint density at radius 2 is 2.00 bits per heavy atom. The Hall–Kier alpha value is -3.74. The van der Waals surface area contributed by atoms with Gasteiger partial charge in [-0.15, -0.1) is 0 Å². The molecular formula is C22H24F4N6O3. The van der Waals surface area contributed by atoms with Gasteiger partial charge in [0.2, 0.25) is 5.95 Å². The highest BCUT2D eigenvalue weighted by molar-refractivity contribution is 5.73. The maximum atomic E-state index is 14.1. The number of nitrogens with one attached hydrogen (secondary N) is 2. The van der Waals surface area contributed by atoms with Gasteiger partial charge in [0.05, 0.1) is 6.20 Å². The Labute approximate surface area is 198 Å². The highest BCUT2D eigenvalue weighted by Crippen LogP contribution is 2.26. The summed E-state index contributed by atoms with van der Waals surface area (Å²) < 4.78 is 53.5. The normalized spacial score (nSPS) is 14.1. The molecule has 1 fully saturated rings. The molecule has 1 saturated heterocycles. The van der Waals surface area contributed by atoms with Gasteiger partial charge in [-0.05, 0) is 50.0 Å². The SMILES string of the molecule is CCc1cc(Nc2ncc(F)c(-n3ccnc3)n2)cc(OC2CCNCC2)c1.O=C(O)C(F)(F)F. The predicted octanol–water partition coefficient (Wildman–Crippen LogP) is 3.87. The maximum absolute atomic E-state index is 14.1. The minimum Gasteiger partial charge on any atom is -0.490 e. The quantitative estimate of drug-likeness (QED) is 0.441. The largest absolute Gasteiger partial charge is 0.490 e. The van der Waals surface area contributed by atoms with E-state index in [1.165, 1.54) is 10.9 Å². The second kappa shape index (κ2) is 11.6. The number of anilines is 2. The molecule has 0 unspecified atom stereocenters. The molecule has 0 spiro atoms. The third kappa shape index (κ3) is 7.64. The number of hydrogen-bond donors (Lipinski definition) is 3. The van der Waals surface area contributed by atoms with Crippen molar-refractivity contribution < 1.29 is 32.2 Å². The number of carboxylic acid groups (broad SMARTS) is 1. The van der Waals surface area contributed by atoms with Crippen LogP contribution < -0.4 is 15.4 Å². The fourth-order valence-corrected chi connectivity index (χ4v) is 3.22. The van der Waals surface area contributed by atoms with Gasteiger partial charge < -0.3 is 20.5 Å². The molecule has 0 bridgehead atoms. The van der Waals surface area contributed by atoms with Crippen molar-refractivity contribution in [3.05, 3.63) is 54.5 Å². The van der Waals surface area contributed by atoms with Gasteiger partial charge in [0.15, 0.2) is 11.6 Å². The van der Waals surface area contributed by atoms with Crippen LogP contribution in [0.1, 0.15) is 25.3 Å². The lowest BCUT2D eigenvalue weighted by molar-refractivity contribution is -0.192. The molecule has 0 radical (unpaired) electrons. The Kier molecular flexibility index (Phi) is 8.58. The minimum atomic E-state index is -5.08. The monoisotopic (exact) mass is 496 g/mol. The van der Waals surface area contributed by atoms with Crippen molar-refractivity contribution in [2.24, 2.45) is 0 Å². The number of aromatic nitrogens is 4. The number of imidazole rings is 1. The van der Waals surface area contributed by atoms with Gasteiger partial charge in [-0.1, -0.05) is 6.92 Å². The number of nitrogens with zero attached hydrogens (tertiary/aromatic N) is 4. The van der Waals surface area contributed by atoms with Crippen molar-refractivity contribution in [1.82, 2.24) is 24.8 Å². The highest BCUT2D eigenvalue weighted by Gasteiger charge is 2.38. The molecule has 9 nitrogen and oxygen atoms in total. The van der Waals surface area contributed by atoms with E-state index in [0.717, 1.165) is 55.5 Å². The topological polar surface area (TPSA) is 114 Å². The van der Waals surface area contributed by atoms with Crippen molar-refractivity contribution in [2.45, 2.75) is 38.5 Å². The molecule has 1 aliphatic rings. The molecule has 0 amide bonds. The molecule has 1 aliphatic heterocycles. The number of rotatable bonds is 6. The Morgan fingerprint density at radius 3 is 2.60 bits per heavy atom. The van der Waals surface area contributed by atoms with Crippen LogP contribution in [-0.2, 0) is 11.2 Å². The molecule has 3 N–H and O–H groups in total. The number of alkyl halides is 3. The van der Waals surface area contributed by atoms with E-state index in [0.29, 0.717) is 5.95 Å². The summed E-state index contributed by atoms with van der Waals surface area (Å²) >= 11 is 0. The van der Waals surface area contributed by atoms with Crippen LogP contribution in [0.3, 0.4) is 0 Å². The highest BCUT2D eigenvalue weighted by atomic mass is 19.4. The lowest BCUT2D eigenvalue weighted by atomic mass is 10.1. The third-order valence-electron chi connectivity index (χ3n) is 4.94. The Balaban J connectivity index is 0.000000429. The summed E-state index contributed by atoms with van der Waals surface area (Å²) in [5.74, 6) is -1.99. The van der Waals surface area contributed by atoms with Crippen LogP contribution in [-0.4, -0.2) is 56.0 Å². The first-order chi connectivity index (χ1) is 16.7. The van der Waals surface area contributed by atoms with E-state index in [1.807, 2.05) is 12.1 Å². The van der Waals surface area contributed by atoms with Crippen molar-refractivity contribution >= 4 is 17.6 Å². The third-order valence-corrected chi connectivity index (χ3v) is 4.94. The van der Waals surface area contributed by atoms with E-state index < -0.39 is 18.0 Å². The standard InChI is InChI=1S/C20H23FN6O.C2HF3O2/c1-2-14-9-15(11-17(10-14)28-16-3-5-22-6-4-16)25-20-24-12-18(21)19(26-20)27-8-7-23-13-27;3-2(4,5)1(6)7/h7-13,16,22H,2-6H2,1H3,(H,24,25,26);(H,6,7). The smallest absolute Gasteiger partial charge is 0.490 e. The number of aryl methyl sites for hydroxylation is 1. The molecule has 3 aromatic rings. The van der Waals surface area contributed by atoms with Gasteiger partial charge in [-0.25, -0.2) is 19.2 Å². The molecule has 4 rings (SSSR count). The molecular weight excluding hydrogens is 472 g/mol. The number of piperidine rings is 1. The summed E-state index contributed by atoms with van der Waals surface area (Å²) in [6.45, 7) is 4.05. The summed E-state index contributed by atoms with van der Waals surface area (Å²) in [7, 11) is 0. The van der Waals surface area contributed by atoms with Crippen LogP contribution >= 0.6 is 0 Å². The minimum absolute atomic E-state index is 0.146. The molecule has 0 saturated carbocycles. The first-order valence-corrected chi connectivity index (χ1v) is 10.7. The van der Waals surface area contributed by atoms with Crippen LogP contribution in [0.5, 0.6) is 5.75 Å². The summed E-state index contributed by atoms with van der Waals surface area (Å²) in [6, 6.07) is 6.03. The van der Waals surface area contributed by atoms with Crippen molar-refractivity contribution in [3.63, 3.8) is 0 Å². The molecule has 0 aliphatic carbocycles. The first kappa shape index (κ1) is 25.9. The predicted molar refractivity (Wildman–Crippen MR) is 118 cm³/mol. The number of carbonyl (C=O) groups is 1. The van der Waals surface area contributed by atoms with Gasteiger partial charge in [0.1, 0.15) is 18.2 Å². The lowest BCUT2D eigenvalue weighted by Crippen LogP contribution is -2.34. The number of halogens is 4. The van der Waals surface area contributed by atoms with Crippen LogP contribution in [0.15, 0.2) is 43.1 Å². The second-order valence-electron chi connectivity index (χ2n) is 7.55. The van der Waals surface area contributed by atoms with E-state index in [4.69, 9.17) is 14.6 Å². The summed E-state index contributed by atoms with van der Waals surface area (Å²) in [4.78, 5) is 21.2. The average molecular weight is 496 g/mol. The lowest BCUT2D eigenvalue weighted by Gasteiger charge is -2.24. The Bertz CT molecular complexity index is 1120. The van der Waals surface area contributed by atoms with Crippen LogP contribution in [0.25, 0.3) is 5.82 Å². The van der Waals surface area contributed by atoms with Crippen molar-refractivity contribution in [2.75, 3.05) is 18.4 Å². The molecule has 3 heterocycles. The number of hydrogen-bond acceptors (Lipinski definition) is 7. The van der Waals surface area contributed by atoms with Gasteiger partial charge in [0, 0.05) is 24.1 Å². The van der Waals surface area contributed by atoms with Crippen molar-refractivity contribution in [1.29, 1.82) is 0 Å². The van der Waals surface area contributed by atoms with Crippen LogP contribution in [0, 0.1) is 5.82 Å². The Morgan fingerprint density at radius 1 is 1.29 bits per heavy atom. The fourth-order valence-electron chi connectivity index (χ4n) is 3.22. The fraction of sp³-hybridized carbons (Fsp3) is 0.364. The summed E-state index contributed by atoms with van der Waals surface area (Å²) in [5, 5.41) is 13.6. The zero-order valence-corrected chi connectivity index (χ0v) is 18.7. The van der Waals surface area contributed by atoms with Crippen LogP contribution in [0.4, 0.5) is 29.2 Å². The average Bonchev–Trinajstić information content (AvgIpc) is 3.35. The maximum Gasteiger partial charge on any atom is 0.490 e. The number of benzene rings is 1. The van der Waals surface area contributed by atoms with E-state index in [9.17, 15) is 17.6 Å². The van der Waals surface area contributed by atoms with E-state index in [1.54, 1.807) is 12.4 Å². The van der Waals surface area contributed by atoms with Crippen molar-refractivity contribution in [3.8, 4) is 11.6 Å². The van der Waals surface area contributed by atoms with Gasteiger partial charge in [0.25, 0.3) is 0 Å².